The Balaban J connectivity index is 0.000000131. The van der Waals surface area contributed by atoms with Crippen molar-refractivity contribution in [2.45, 2.75) is 0 Å². The van der Waals surface area contributed by atoms with E-state index in [4.69, 9.17) is 10.0 Å². The van der Waals surface area contributed by atoms with Gasteiger partial charge in [-0.05, 0) is 29.6 Å². The highest BCUT2D eigenvalue weighted by molar-refractivity contribution is 7.27. The number of thiophene rings is 2. The summed E-state index contributed by atoms with van der Waals surface area (Å²) in [5.41, 5.74) is 0. The first-order valence-corrected chi connectivity index (χ1v) is 7.92. The van der Waals surface area contributed by atoms with E-state index in [1.807, 2.05) is 24.4 Å². The van der Waals surface area contributed by atoms with Crippen LogP contribution in [0.25, 0.3) is 20.4 Å². The monoisotopic (exact) mass is 314 g/mol. The summed E-state index contributed by atoms with van der Waals surface area (Å²) in [6.07, 6.45) is 3.51. The van der Waals surface area contributed by atoms with Gasteiger partial charge in [-0.15, -0.1) is 22.7 Å². The van der Waals surface area contributed by atoms with Crippen LogP contribution in [0.15, 0.2) is 54.2 Å². The number of hydrogen-bond donors (Lipinski definition) is 2. The molecule has 4 aromatic heterocycles. The van der Waals surface area contributed by atoms with Gasteiger partial charge in [0.15, 0.2) is 0 Å². The quantitative estimate of drug-likeness (QED) is 0.529. The summed E-state index contributed by atoms with van der Waals surface area (Å²) < 4.78 is 0.531. The van der Waals surface area contributed by atoms with Gasteiger partial charge in [-0.1, -0.05) is 12.1 Å². The van der Waals surface area contributed by atoms with Crippen molar-refractivity contribution in [2.75, 3.05) is 0 Å². The molecule has 7 heteroatoms. The Bertz CT molecular complexity index is 797. The summed E-state index contributed by atoms with van der Waals surface area (Å²) in [6, 6.07) is 11.5. The minimum absolute atomic E-state index is 0.531. The molecule has 4 aromatic rings. The Labute approximate surface area is 129 Å². The summed E-state index contributed by atoms with van der Waals surface area (Å²) in [6.45, 7) is 0. The van der Waals surface area contributed by atoms with Gasteiger partial charge in [-0.25, -0.2) is 9.97 Å². The molecule has 0 amide bonds. The molecule has 0 aliphatic heterocycles. The second-order valence-electron chi connectivity index (χ2n) is 4.24. The van der Waals surface area contributed by atoms with E-state index in [1.165, 1.54) is 16.7 Å². The zero-order valence-electron chi connectivity index (χ0n) is 10.9. The lowest BCUT2D eigenvalue weighted by atomic mass is 9.89. The minimum Gasteiger partial charge on any atom is -0.423 e. The second-order valence-corrected chi connectivity index (χ2v) is 6.20. The Morgan fingerprint density at radius 2 is 1.62 bits per heavy atom. The van der Waals surface area contributed by atoms with Gasteiger partial charge in [0.1, 0.15) is 9.66 Å². The average Bonchev–Trinajstić information content (AvgIpc) is 3.14. The van der Waals surface area contributed by atoms with Crippen molar-refractivity contribution in [1.82, 2.24) is 9.97 Å². The molecule has 0 aliphatic rings. The maximum absolute atomic E-state index is 8.86. The summed E-state index contributed by atoms with van der Waals surface area (Å²) in [7, 11) is -1.39. The van der Waals surface area contributed by atoms with Crippen LogP contribution in [-0.2, 0) is 0 Å². The summed E-state index contributed by atoms with van der Waals surface area (Å²) in [5.74, 6) is 0. The molecule has 2 N–H and O–H groups in total. The maximum Gasteiger partial charge on any atom is 0.499 e. The molecule has 0 aromatic carbocycles. The van der Waals surface area contributed by atoms with Gasteiger partial charge in [0.25, 0.3) is 0 Å². The maximum atomic E-state index is 8.86. The molecule has 4 rings (SSSR count). The van der Waals surface area contributed by atoms with Crippen LogP contribution in [-0.4, -0.2) is 27.1 Å². The first-order chi connectivity index (χ1) is 10.2. The highest BCUT2D eigenvalue weighted by atomic mass is 32.1. The molecule has 4 nitrogen and oxygen atoms in total. The smallest absolute Gasteiger partial charge is 0.423 e. The Morgan fingerprint density at radius 1 is 0.905 bits per heavy atom. The van der Waals surface area contributed by atoms with E-state index in [0.717, 1.165) is 15.0 Å². The number of nitrogens with zero attached hydrogens (tertiary/aromatic N) is 2. The van der Waals surface area contributed by atoms with Crippen LogP contribution in [0.3, 0.4) is 0 Å². The predicted octanol–water partition coefficient (Wildman–Crippen LogP) is 2.27. The molecule has 0 saturated heterocycles. The van der Waals surface area contributed by atoms with E-state index in [9.17, 15) is 0 Å². The van der Waals surface area contributed by atoms with Crippen LogP contribution in [0.4, 0.5) is 0 Å². The van der Waals surface area contributed by atoms with Gasteiger partial charge < -0.3 is 10.0 Å². The molecule has 0 spiro atoms. The third-order valence-electron chi connectivity index (χ3n) is 2.80. The van der Waals surface area contributed by atoms with Crippen molar-refractivity contribution in [3.05, 3.63) is 54.2 Å². The molecule has 0 unspecified atom stereocenters. The van der Waals surface area contributed by atoms with Gasteiger partial charge in [-0.3, -0.25) is 0 Å². The van der Waals surface area contributed by atoms with Crippen LogP contribution in [0, 0.1) is 0 Å². The van der Waals surface area contributed by atoms with Gasteiger partial charge in [0.2, 0.25) is 0 Å². The van der Waals surface area contributed by atoms with E-state index in [0.29, 0.717) is 4.78 Å². The fraction of sp³-hybridized carbons (Fsp3) is 0. The van der Waals surface area contributed by atoms with Crippen LogP contribution < -0.4 is 4.78 Å². The van der Waals surface area contributed by atoms with Gasteiger partial charge in [0.05, 0.1) is 0 Å². The standard InChI is InChI=1S/C7H6BNO2S.C7H5NS/c10-8(11)6-4-5-2-1-3-9-7(5)12-6;1-2-6-3-5-9-7(6)8-4-1/h1-4,10-11H;1-5H. The number of pyridine rings is 2. The minimum atomic E-state index is -1.39. The molecule has 0 aliphatic carbocycles. The molecule has 104 valence electrons. The second kappa shape index (κ2) is 6.32. The van der Waals surface area contributed by atoms with Crippen LogP contribution in [0.1, 0.15) is 0 Å². The third kappa shape index (κ3) is 3.28. The molecule has 0 bridgehead atoms. The molecular formula is C14H11BN2O2S2. The largest absolute Gasteiger partial charge is 0.499 e. The van der Waals surface area contributed by atoms with E-state index in [-0.39, 0.29) is 0 Å². The molecule has 21 heavy (non-hydrogen) atoms. The Hall–Kier alpha value is -1.80. The molecule has 0 saturated carbocycles. The lowest BCUT2D eigenvalue weighted by molar-refractivity contribution is 0.427. The first kappa shape index (κ1) is 14.2. The molecule has 0 radical (unpaired) electrons. The van der Waals surface area contributed by atoms with Gasteiger partial charge in [0, 0.05) is 27.9 Å². The van der Waals surface area contributed by atoms with Crippen LogP contribution >= 0.6 is 22.7 Å². The van der Waals surface area contributed by atoms with Crippen LogP contribution in [0.5, 0.6) is 0 Å². The fourth-order valence-corrected chi connectivity index (χ4v) is 3.43. The van der Waals surface area contributed by atoms with E-state index in [1.54, 1.807) is 23.6 Å². The van der Waals surface area contributed by atoms with Gasteiger partial charge >= 0.3 is 7.12 Å². The van der Waals surface area contributed by atoms with E-state index < -0.39 is 7.12 Å². The lowest BCUT2D eigenvalue weighted by Gasteiger charge is -1.87. The zero-order chi connectivity index (χ0) is 14.7. The summed E-state index contributed by atoms with van der Waals surface area (Å²) in [4.78, 5) is 10.2. The van der Waals surface area contributed by atoms with Crippen LogP contribution in [0.2, 0.25) is 0 Å². The number of rotatable bonds is 1. The van der Waals surface area contributed by atoms with Crippen molar-refractivity contribution < 1.29 is 10.0 Å². The van der Waals surface area contributed by atoms with E-state index in [2.05, 4.69) is 27.5 Å². The molecule has 4 heterocycles. The number of hydrogen-bond acceptors (Lipinski definition) is 6. The van der Waals surface area contributed by atoms with Gasteiger partial charge in [-0.2, -0.15) is 0 Å². The van der Waals surface area contributed by atoms with Crippen molar-refractivity contribution in [3.8, 4) is 0 Å². The van der Waals surface area contributed by atoms with Crippen molar-refractivity contribution in [2.24, 2.45) is 0 Å². The summed E-state index contributed by atoms with van der Waals surface area (Å²) in [5, 5.41) is 22.0. The first-order valence-electron chi connectivity index (χ1n) is 6.23. The summed E-state index contributed by atoms with van der Waals surface area (Å²) >= 11 is 2.97. The molecular weight excluding hydrogens is 303 g/mol. The van der Waals surface area contributed by atoms with Crippen molar-refractivity contribution in [3.63, 3.8) is 0 Å². The normalized spacial score (nSPS) is 10.4. The lowest BCUT2D eigenvalue weighted by Crippen LogP contribution is -2.26. The molecule has 0 fully saturated rings. The Kier molecular flexibility index (Phi) is 4.26. The van der Waals surface area contributed by atoms with E-state index >= 15 is 0 Å². The predicted molar refractivity (Wildman–Crippen MR) is 89.1 cm³/mol. The molecule has 0 atom stereocenters. The van der Waals surface area contributed by atoms with Crippen molar-refractivity contribution >= 4 is 55.0 Å². The number of aromatic nitrogens is 2. The third-order valence-corrected chi connectivity index (χ3v) is 4.73. The highest BCUT2D eigenvalue weighted by Crippen LogP contribution is 2.16. The highest BCUT2D eigenvalue weighted by Gasteiger charge is 2.14. The zero-order valence-corrected chi connectivity index (χ0v) is 12.5. The fourth-order valence-electron chi connectivity index (χ4n) is 1.82. The average molecular weight is 314 g/mol. The number of fused-ring (bicyclic) bond motifs is 2. The topological polar surface area (TPSA) is 66.2 Å². The Morgan fingerprint density at radius 3 is 2.29 bits per heavy atom. The SMILES string of the molecule is OB(O)c1cc2cccnc2s1.c1cnc2sccc2c1. The van der Waals surface area contributed by atoms with Crippen molar-refractivity contribution in [1.29, 1.82) is 0 Å².